The molecule has 1 rings (SSSR count). The lowest BCUT2D eigenvalue weighted by molar-refractivity contribution is -0.143. The quantitative estimate of drug-likeness (QED) is 0.746. The van der Waals surface area contributed by atoms with Crippen molar-refractivity contribution in [3.05, 3.63) is 12.2 Å². The highest BCUT2D eigenvalue weighted by Crippen LogP contribution is 2.30. The Balaban J connectivity index is 2.65. The summed E-state index contributed by atoms with van der Waals surface area (Å²) in [5, 5.41) is 9.09. The lowest BCUT2D eigenvalue weighted by Crippen LogP contribution is -2.24. The third kappa shape index (κ3) is 3.63. The molecule has 1 heterocycles. The van der Waals surface area contributed by atoms with Gasteiger partial charge in [0.25, 0.3) is 0 Å². The Morgan fingerprint density at radius 1 is 1.56 bits per heavy atom. The van der Waals surface area contributed by atoms with Crippen LogP contribution in [0.4, 0.5) is 0 Å². The van der Waals surface area contributed by atoms with Gasteiger partial charge in [-0.2, -0.15) is 0 Å². The lowest BCUT2D eigenvalue weighted by atomic mass is 9.87. The number of rotatable bonds is 5. The Morgan fingerprint density at radius 3 is 2.56 bits per heavy atom. The summed E-state index contributed by atoms with van der Waals surface area (Å²) in [6.07, 6.45) is 1.62. The van der Waals surface area contributed by atoms with Crippen LogP contribution < -0.4 is 0 Å². The van der Waals surface area contributed by atoms with E-state index in [-0.39, 0.29) is 17.4 Å². The molecule has 0 aromatic rings. The van der Waals surface area contributed by atoms with Gasteiger partial charge in [-0.3, -0.25) is 4.79 Å². The van der Waals surface area contributed by atoms with Crippen LogP contribution in [0.25, 0.3) is 0 Å². The Labute approximate surface area is 96.3 Å². The van der Waals surface area contributed by atoms with Crippen LogP contribution in [0.2, 0.25) is 0 Å². The second-order valence-corrected chi connectivity index (χ2v) is 6.83. The summed E-state index contributed by atoms with van der Waals surface area (Å²) >= 11 is 0. The normalized spacial score (nSPS) is 25.2. The third-order valence-electron chi connectivity index (χ3n) is 3.04. The molecule has 0 bridgehead atoms. The van der Waals surface area contributed by atoms with Crippen molar-refractivity contribution in [2.45, 2.75) is 26.2 Å². The second kappa shape index (κ2) is 4.99. The van der Waals surface area contributed by atoms with Crippen molar-refractivity contribution in [3.8, 4) is 0 Å². The number of carboxylic acid groups (broad SMARTS) is 1. The van der Waals surface area contributed by atoms with Gasteiger partial charge in [-0.05, 0) is 32.1 Å². The van der Waals surface area contributed by atoms with E-state index >= 15 is 0 Å². The smallest absolute Gasteiger partial charge is 0.306 e. The molecule has 1 aliphatic heterocycles. The summed E-state index contributed by atoms with van der Waals surface area (Å²) in [5.41, 5.74) is 0.937. The van der Waals surface area contributed by atoms with Gasteiger partial charge in [0.2, 0.25) is 0 Å². The van der Waals surface area contributed by atoms with Gasteiger partial charge in [-0.15, -0.1) is 6.58 Å². The summed E-state index contributed by atoms with van der Waals surface area (Å²) in [4.78, 5) is 11.1. The summed E-state index contributed by atoms with van der Waals surface area (Å²) in [5.74, 6) is -1.49. The van der Waals surface area contributed by atoms with Gasteiger partial charge in [-0.25, -0.2) is 8.42 Å². The summed E-state index contributed by atoms with van der Waals surface area (Å²) < 4.78 is 22.6. The highest BCUT2D eigenvalue weighted by molar-refractivity contribution is 7.91. The zero-order chi connectivity index (χ0) is 12.3. The predicted octanol–water partition coefficient (Wildman–Crippen LogP) is 1.48. The molecule has 1 aliphatic rings. The van der Waals surface area contributed by atoms with E-state index in [4.69, 9.17) is 5.11 Å². The first-order valence-corrected chi connectivity index (χ1v) is 7.21. The molecule has 2 unspecified atom stereocenters. The number of sulfone groups is 1. The number of hydrogen-bond donors (Lipinski definition) is 1. The Morgan fingerprint density at radius 2 is 2.19 bits per heavy atom. The number of allylic oxidation sites excluding steroid dienone is 1. The monoisotopic (exact) mass is 246 g/mol. The molecule has 1 saturated heterocycles. The van der Waals surface area contributed by atoms with E-state index in [1.165, 1.54) is 0 Å². The molecule has 16 heavy (non-hydrogen) atoms. The molecule has 5 heteroatoms. The van der Waals surface area contributed by atoms with Crippen molar-refractivity contribution in [1.29, 1.82) is 0 Å². The van der Waals surface area contributed by atoms with Gasteiger partial charge in [0.1, 0.15) is 0 Å². The highest BCUT2D eigenvalue weighted by atomic mass is 32.2. The summed E-state index contributed by atoms with van der Waals surface area (Å²) in [6.45, 7) is 5.58. The standard InChI is InChI=1S/C11H18O4S/c1-8(2)3-4-10(11(12)13)9-5-6-16(14,15)7-9/h9-10H,1,3-7H2,2H3,(H,12,13). The van der Waals surface area contributed by atoms with Crippen molar-refractivity contribution < 1.29 is 18.3 Å². The minimum absolute atomic E-state index is 0.0279. The van der Waals surface area contributed by atoms with Crippen LogP contribution in [0.1, 0.15) is 26.2 Å². The molecule has 0 amide bonds. The molecule has 0 spiro atoms. The van der Waals surface area contributed by atoms with Crippen LogP contribution in [0.5, 0.6) is 0 Å². The molecule has 0 aromatic carbocycles. The fraction of sp³-hybridized carbons (Fsp3) is 0.727. The topological polar surface area (TPSA) is 71.4 Å². The average Bonchev–Trinajstić information content (AvgIpc) is 2.45. The Kier molecular flexibility index (Phi) is 4.13. The molecule has 0 aliphatic carbocycles. The van der Waals surface area contributed by atoms with Crippen LogP contribution in [-0.4, -0.2) is 31.0 Å². The molecular formula is C11H18O4S. The summed E-state index contributed by atoms with van der Waals surface area (Å²) in [7, 11) is -3.00. The maximum Gasteiger partial charge on any atom is 0.306 e. The molecular weight excluding hydrogens is 228 g/mol. The number of hydrogen-bond acceptors (Lipinski definition) is 3. The number of aliphatic carboxylic acids is 1. The fourth-order valence-corrected chi connectivity index (χ4v) is 3.98. The molecule has 4 nitrogen and oxygen atoms in total. The number of carboxylic acids is 1. The average molecular weight is 246 g/mol. The molecule has 1 N–H and O–H groups in total. The van der Waals surface area contributed by atoms with E-state index in [9.17, 15) is 13.2 Å². The lowest BCUT2D eigenvalue weighted by Gasteiger charge is -2.17. The molecule has 92 valence electrons. The first kappa shape index (κ1) is 13.2. The van der Waals surface area contributed by atoms with E-state index in [0.29, 0.717) is 19.3 Å². The minimum atomic E-state index is -3.00. The second-order valence-electron chi connectivity index (χ2n) is 4.60. The fourth-order valence-electron chi connectivity index (χ4n) is 2.10. The van der Waals surface area contributed by atoms with Crippen molar-refractivity contribution in [3.63, 3.8) is 0 Å². The van der Waals surface area contributed by atoms with Gasteiger partial charge in [0.15, 0.2) is 9.84 Å². The van der Waals surface area contributed by atoms with Crippen LogP contribution in [0.15, 0.2) is 12.2 Å². The van der Waals surface area contributed by atoms with Gasteiger partial charge in [0.05, 0.1) is 17.4 Å². The van der Waals surface area contributed by atoms with Crippen molar-refractivity contribution in [2.75, 3.05) is 11.5 Å². The van der Waals surface area contributed by atoms with Crippen molar-refractivity contribution in [1.82, 2.24) is 0 Å². The molecule has 0 radical (unpaired) electrons. The maximum atomic E-state index is 11.3. The SMILES string of the molecule is C=C(C)CCC(C(=O)O)C1CCS(=O)(=O)C1. The molecule has 1 fully saturated rings. The van der Waals surface area contributed by atoms with Crippen LogP contribution in [-0.2, 0) is 14.6 Å². The van der Waals surface area contributed by atoms with Gasteiger partial charge in [-0.1, -0.05) is 5.57 Å². The Hall–Kier alpha value is -0.840. The van der Waals surface area contributed by atoms with E-state index in [1.54, 1.807) is 0 Å². The summed E-state index contributed by atoms with van der Waals surface area (Å²) in [6, 6.07) is 0. The first-order valence-electron chi connectivity index (χ1n) is 5.39. The van der Waals surface area contributed by atoms with Crippen LogP contribution >= 0.6 is 0 Å². The van der Waals surface area contributed by atoms with Crippen LogP contribution in [0, 0.1) is 11.8 Å². The maximum absolute atomic E-state index is 11.3. The molecule has 0 saturated carbocycles. The van der Waals surface area contributed by atoms with Gasteiger partial charge >= 0.3 is 5.97 Å². The van der Waals surface area contributed by atoms with Crippen LogP contribution in [0.3, 0.4) is 0 Å². The van der Waals surface area contributed by atoms with E-state index in [1.807, 2.05) is 6.92 Å². The zero-order valence-electron chi connectivity index (χ0n) is 9.48. The van der Waals surface area contributed by atoms with E-state index in [2.05, 4.69) is 6.58 Å². The largest absolute Gasteiger partial charge is 0.481 e. The zero-order valence-corrected chi connectivity index (χ0v) is 10.3. The minimum Gasteiger partial charge on any atom is -0.481 e. The first-order chi connectivity index (χ1) is 7.32. The molecule has 0 aromatic heterocycles. The Bertz CT molecular complexity index is 383. The number of carbonyl (C=O) groups is 1. The van der Waals surface area contributed by atoms with Crippen molar-refractivity contribution in [2.24, 2.45) is 11.8 Å². The van der Waals surface area contributed by atoms with E-state index in [0.717, 1.165) is 5.57 Å². The van der Waals surface area contributed by atoms with E-state index < -0.39 is 21.7 Å². The third-order valence-corrected chi connectivity index (χ3v) is 4.83. The van der Waals surface area contributed by atoms with Crippen molar-refractivity contribution >= 4 is 15.8 Å². The van der Waals surface area contributed by atoms with Gasteiger partial charge < -0.3 is 5.11 Å². The highest BCUT2D eigenvalue weighted by Gasteiger charge is 2.36. The molecule has 2 atom stereocenters. The predicted molar refractivity (Wildman–Crippen MR) is 61.9 cm³/mol. The van der Waals surface area contributed by atoms with Gasteiger partial charge in [0, 0.05) is 0 Å².